The number of amides is 1. The first kappa shape index (κ1) is 31.6. The van der Waals surface area contributed by atoms with Crippen LogP contribution in [0.5, 0.6) is 0 Å². The number of anilines is 2. The average molecular weight is 591 g/mol. The van der Waals surface area contributed by atoms with Gasteiger partial charge in [-0.05, 0) is 57.3 Å². The molecule has 2 atom stereocenters. The van der Waals surface area contributed by atoms with Gasteiger partial charge in [0, 0.05) is 49.7 Å². The lowest BCUT2D eigenvalue weighted by Crippen LogP contribution is -2.49. The van der Waals surface area contributed by atoms with Crippen molar-refractivity contribution in [2.75, 3.05) is 43.4 Å². The third-order valence-corrected chi connectivity index (χ3v) is 8.06. The maximum Gasteiger partial charge on any atom is 0.252 e. The number of carbonyl (C=O) groups is 1. The number of pyridine rings is 1. The van der Waals surface area contributed by atoms with Gasteiger partial charge < -0.3 is 26.2 Å². The number of nitrogens with two attached hydrogens (primary N) is 1. The smallest absolute Gasteiger partial charge is 0.252 e. The summed E-state index contributed by atoms with van der Waals surface area (Å²) in [5, 5.41) is 23.4. The van der Waals surface area contributed by atoms with E-state index in [9.17, 15) is 9.18 Å². The van der Waals surface area contributed by atoms with Crippen LogP contribution in [0.4, 0.5) is 20.3 Å². The number of rotatable bonds is 10. The average Bonchev–Trinajstić information content (AvgIpc) is 3.21. The van der Waals surface area contributed by atoms with Crippen molar-refractivity contribution in [3.63, 3.8) is 0 Å². The first-order valence-corrected chi connectivity index (χ1v) is 14.6. The predicted octanol–water partition coefficient (Wildman–Crippen LogP) is 5.01. The highest BCUT2D eigenvalue weighted by molar-refractivity contribution is 5.98. The Hall–Kier alpha value is -4.30. The van der Waals surface area contributed by atoms with Crippen LogP contribution in [-0.2, 0) is 0 Å². The zero-order chi connectivity index (χ0) is 31.0. The van der Waals surface area contributed by atoms with Crippen molar-refractivity contribution < 1.29 is 13.6 Å². The lowest BCUT2D eigenvalue weighted by molar-refractivity contribution is 0.0749. The largest absolute Gasteiger partial charge is 0.378 e. The van der Waals surface area contributed by atoms with E-state index in [0.717, 1.165) is 38.2 Å². The fraction of sp³-hybridized carbons (Fsp3) is 0.438. The molecule has 1 amide bonds. The molecule has 2 aliphatic heterocycles. The molecule has 1 aromatic rings. The minimum Gasteiger partial charge on any atom is -0.378 e. The van der Waals surface area contributed by atoms with Crippen LogP contribution >= 0.6 is 0 Å². The molecule has 4 rings (SSSR count). The standard InChI is InChI=1S/C32H40F2N8O/c1-22(19-35)6-9-29(36)42-15-11-27(26(33)21-42)40-28-18-30(38-20-25(28)31(37)43)39-24-5-3-4-23(7-8-24)10-14-41-16-12-32(2,34)13-17-41/h4-9,18,20,26-27,36H,1,3,10-17,21H2,2H3,(H2,37,43)(H2,38,39,40)/b9-6-,36-29?/t26-,27+/m0/s1. The maximum absolute atomic E-state index is 15.2. The second-order valence-electron chi connectivity index (χ2n) is 11.5. The van der Waals surface area contributed by atoms with Crippen LogP contribution in [0, 0.1) is 16.7 Å². The summed E-state index contributed by atoms with van der Waals surface area (Å²) in [6.07, 6.45) is 14.3. The lowest BCUT2D eigenvalue weighted by Gasteiger charge is -2.36. The van der Waals surface area contributed by atoms with Crippen molar-refractivity contribution in [2.45, 2.75) is 56.9 Å². The van der Waals surface area contributed by atoms with Gasteiger partial charge in [-0.3, -0.25) is 10.2 Å². The van der Waals surface area contributed by atoms with E-state index < -0.39 is 23.8 Å². The second-order valence-corrected chi connectivity index (χ2v) is 11.5. The summed E-state index contributed by atoms with van der Waals surface area (Å²) in [5.74, 6) is -0.0952. The number of halogens is 2. The van der Waals surface area contributed by atoms with Crippen LogP contribution in [0.2, 0.25) is 0 Å². The van der Waals surface area contributed by atoms with Crippen molar-refractivity contribution in [1.29, 1.82) is 10.7 Å². The Morgan fingerprint density at radius 2 is 2.07 bits per heavy atom. The maximum atomic E-state index is 15.2. The Balaban J connectivity index is 1.34. The Bertz CT molecular complexity index is 1380. The molecule has 0 aromatic carbocycles. The summed E-state index contributed by atoms with van der Waals surface area (Å²) >= 11 is 0. The van der Waals surface area contributed by atoms with Gasteiger partial charge in [0.05, 0.1) is 29.9 Å². The van der Waals surface area contributed by atoms with Gasteiger partial charge in [0.25, 0.3) is 5.91 Å². The first-order chi connectivity index (χ1) is 20.5. The molecule has 11 heteroatoms. The van der Waals surface area contributed by atoms with Gasteiger partial charge in [0.15, 0.2) is 0 Å². The molecule has 0 saturated carbocycles. The molecule has 1 aromatic heterocycles. The summed E-state index contributed by atoms with van der Waals surface area (Å²) < 4.78 is 29.3. The molecule has 0 spiro atoms. The van der Waals surface area contributed by atoms with E-state index in [1.54, 1.807) is 17.9 Å². The third kappa shape index (κ3) is 9.09. The molecule has 43 heavy (non-hydrogen) atoms. The molecule has 1 aliphatic carbocycles. The molecule has 0 unspecified atom stereocenters. The number of alkyl halides is 2. The molecule has 228 valence electrons. The second kappa shape index (κ2) is 14.2. The Morgan fingerprint density at radius 1 is 1.30 bits per heavy atom. The predicted molar refractivity (Wildman–Crippen MR) is 166 cm³/mol. The molecule has 2 fully saturated rings. The Kier molecular flexibility index (Phi) is 10.5. The molecular formula is C32H40F2N8O. The monoisotopic (exact) mass is 590 g/mol. The zero-order valence-electron chi connectivity index (χ0n) is 24.6. The van der Waals surface area contributed by atoms with Gasteiger partial charge in [0.1, 0.15) is 23.5 Å². The minimum atomic E-state index is -1.32. The SMILES string of the molecule is C=C(C#N)/C=C\C(=N)N1CC[C@@H](Nc2cc(NC3=CCC=C(CCN4CCC(C)(F)CC4)C=C3)ncc2C(N)=O)[C@@H](F)C1. The lowest BCUT2D eigenvalue weighted by atomic mass is 9.95. The normalized spacial score (nSPS) is 22.2. The van der Waals surface area contributed by atoms with Crippen LogP contribution < -0.4 is 16.4 Å². The zero-order valence-corrected chi connectivity index (χ0v) is 24.6. The molecule has 9 nitrogen and oxygen atoms in total. The van der Waals surface area contributed by atoms with Gasteiger partial charge in [-0.1, -0.05) is 30.4 Å². The number of likely N-dealkylation sites (tertiary alicyclic amines) is 2. The fourth-order valence-electron chi connectivity index (χ4n) is 5.27. The molecule has 3 aliphatic rings. The van der Waals surface area contributed by atoms with Crippen molar-refractivity contribution in [3.8, 4) is 6.07 Å². The Morgan fingerprint density at radius 3 is 2.77 bits per heavy atom. The Labute approximate surface area is 252 Å². The summed E-state index contributed by atoms with van der Waals surface area (Å²) in [7, 11) is 0. The van der Waals surface area contributed by atoms with Crippen molar-refractivity contribution in [2.24, 2.45) is 5.73 Å². The van der Waals surface area contributed by atoms with Crippen LogP contribution in [0.15, 0.2) is 72.1 Å². The summed E-state index contributed by atoms with van der Waals surface area (Å²) in [6, 6.07) is 2.94. The number of hydrogen-bond acceptors (Lipinski definition) is 7. The van der Waals surface area contributed by atoms with Gasteiger partial charge in [-0.15, -0.1) is 0 Å². The van der Waals surface area contributed by atoms with E-state index in [4.69, 9.17) is 16.4 Å². The number of nitrogens with one attached hydrogen (secondary N) is 3. The summed E-state index contributed by atoms with van der Waals surface area (Å²) in [5.41, 5.74) is 7.35. The highest BCUT2D eigenvalue weighted by Gasteiger charge is 2.31. The van der Waals surface area contributed by atoms with E-state index in [1.807, 2.05) is 18.2 Å². The number of piperidine rings is 2. The topological polar surface area (TPSA) is 134 Å². The van der Waals surface area contributed by atoms with E-state index in [1.165, 1.54) is 23.9 Å². The van der Waals surface area contributed by atoms with Crippen LogP contribution in [0.3, 0.4) is 0 Å². The molecule has 5 N–H and O–H groups in total. The summed E-state index contributed by atoms with van der Waals surface area (Å²) in [6.45, 7) is 8.09. The highest BCUT2D eigenvalue weighted by atomic mass is 19.1. The van der Waals surface area contributed by atoms with Gasteiger partial charge in [0.2, 0.25) is 0 Å². The number of allylic oxidation sites excluding steroid dienone is 6. The highest BCUT2D eigenvalue weighted by Crippen LogP contribution is 2.27. The number of amidine groups is 1. The number of hydrogen-bond donors (Lipinski definition) is 4. The number of carbonyl (C=O) groups excluding carboxylic acids is 1. The van der Waals surface area contributed by atoms with E-state index in [0.29, 0.717) is 37.3 Å². The number of nitriles is 1. The van der Waals surface area contributed by atoms with Gasteiger partial charge in [-0.2, -0.15) is 5.26 Å². The van der Waals surface area contributed by atoms with Crippen molar-refractivity contribution in [1.82, 2.24) is 14.8 Å². The van der Waals surface area contributed by atoms with Gasteiger partial charge >= 0.3 is 0 Å². The number of aromatic nitrogens is 1. The van der Waals surface area contributed by atoms with E-state index >= 15 is 4.39 Å². The van der Waals surface area contributed by atoms with Crippen molar-refractivity contribution >= 4 is 23.2 Å². The third-order valence-electron chi connectivity index (χ3n) is 8.06. The fourth-order valence-corrected chi connectivity index (χ4v) is 5.27. The quantitative estimate of drug-likeness (QED) is 0.130. The van der Waals surface area contributed by atoms with Gasteiger partial charge in [-0.25, -0.2) is 13.8 Å². The number of primary amides is 1. The van der Waals surface area contributed by atoms with E-state index in [2.05, 4.69) is 39.2 Å². The van der Waals surface area contributed by atoms with Crippen LogP contribution in [0.25, 0.3) is 0 Å². The minimum absolute atomic E-state index is 0.0119. The molecular weight excluding hydrogens is 550 g/mol. The molecule has 0 bridgehead atoms. The molecule has 2 saturated heterocycles. The molecule has 0 radical (unpaired) electrons. The number of nitrogens with zero attached hydrogens (tertiary/aromatic N) is 4. The van der Waals surface area contributed by atoms with E-state index in [-0.39, 0.29) is 23.5 Å². The van der Waals surface area contributed by atoms with Crippen LogP contribution in [0.1, 0.15) is 49.4 Å². The molecule has 3 heterocycles. The summed E-state index contributed by atoms with van der Waals surface area (Å²) in [4.78, 5) is 20.4. The van der Waals surface area contributed by atoms with Crippen LogP contribution in [-0.4, -0.2) is 77.1 Å². The first-order valence-electron chi connectivity index (χ1n) is 14.6. The van der Waals surface area contributed by atoms with Crippen molar-refractivity contribution in [3.05, 3.63) is 77.7 Å².